The Morgan fingerprint density at radius 2 is 1.79 bits per heavy atom. The maximum Gasteiger partial charge on any atom is 0.417 e. The van der Waals surface area contributed by atoms with Crippen LogP contribution >= 0.6 is 0 Å². The van der Waals surface area contributed by atoms with Gasteiger partial charge in [0.1, 0.15) is 11.6 Å². The molecule has 0 radical (unpaired) electrons. The number of aromatic nitrogens is 2. The number of nitrogens with one attached hydrogen (secondary N) is 1. The van der Waals surface area contributed by atoms with Crippen molar-refractivity contribution in [3.05, 3.63) is 59.7 Å². The molecule has 2 aromatic heterocycles. The number of H-pyrrole nitrogens is 1. The van der Waals surface area contributed by atoms with Gasteiger partial charge in [0.2, 0.25) is 0 Å². The van der Waals surface area contributed by atoms with Crippen LogP contribution in [0, 0.1) is 5.82 Å². The molecule has 0 saturated carbocycles. The van der Waals surface area contributed by atoms with E-state index >= 15 is 0 Å². The van der Waals surface area contributed by atoms with Gasteiger partial charge < -0.3 is 15.0 Å². The molecule has 2 N–H and O–H groups in total. The molecule has 1 aliphatic heterocycles. The second kappa shape index (κ2) is 8.63. The molecule has 1 saturated heterocycles. The highest BCUT2D eigenvalue weighted by Gasteiger charge is 2.56. The maximum absolute atomic E-state index is 14.1. The summed E-state index contributed by atoms with van der Waals surface area (Å²) in [5.74, 6) is 0.287. The Labute approximate surface area is 190 Å². The molecular weight excluding hydrogens is 434 g/mol. The van der Waals surface area contributed by atoms with E-state index in [1.54, 1.807) is 32.2 Å². The van der Waals surface area contributed by atoms with E-state index in [1.165, 1.54) is 24.6 Å². The lowest BCUT2D eigenvalue weighted by Gasteiger charge is -2.38. The van der Waals surface area contributed by atoms with Crippen LogP contribution in [0.25, 0.3) is 10.9 Å². The zero-order valence-electron chi connectivity index (χ0n) is 18.8. The fraction of sp³-hybridized carbons (Fsp3) is 0.480. The number of nitrogens with zero attached hydrogens (tertiary/aromatic N) is 2. The summed E-state index contributed by atoms with van der Waals surface area (Å²) < 4.78 is 56.1. The largest absolute Gasteiger partial charge is 0.417 e. The van der Waals surface area contributed by atoms with Crippen molar-refractivity contribution in [1.29, 1.82) is 0 Å². The first-order chi connectivity index (χ1) is 15.5. The van der Waals surface area contributed by atoms with Crippen LogP contribution in [0.3, 0.4) is 0 Å². The van der Waals surface area contributed by atoms with Gasteiger partial charge in [-0.25, -0.2) is 9.37 Å². The topological polar surface area (TPSA) is 52.1 Å². The van der Waals surface area contributed by atoms with Crippen molar-refractivity contribution in [2.45, 2.75) is 63.1 Å². The number of benzene rings is 1. The number of halogens is 4. The number of pyridine rings is 1. The molecule has 1 fully saturated rings. The van der Waals surface area contributed by atoms with E-state index in [-0.39, 0.29) is 5.69 Å². The molecular formula is C25H29F4N3O. The fourth-order valence-electron chi connectivity index (χ4n) is 4.79. The van der Waals surface area contributed by atoms with Gasteiger partial charge in [-0.3, -0.25) is 0 Å². The number of hydrogen-bond donors (Lipinski definition) is 2. The molecule has 1 unspecified atom stereocenters. The Balaban J connectivity index is 1.61. The van der Waals surface area contributed by atoms with E-state index in [4.69, 9.17) is 0 Å². The van der Waals surface area contributed by atoms with Crippen LogP contribution in [0.5, 0.6) is 0 Å². The first-order valence-corrected chi connectivity index (χ1v) is 11.2. The zero-order valence-corrected chi connectivity index (χ0v) is 18.8. The van der Waals surface area contributed by atoms with Crippen LogP contribution in [0.2, 0.25) is 0 Å². The lowest BCUT2D eigenvalue weighted by molar-refractivity contribution is -0.266. The van der Waals surface area contributed by atoms with Gasteiger partial charge in [-0.1, -0.05) is 26.0 Å². The quantitative estimate of drug-likeness (QED) is 0.448. The van der Waals surface area contributed by atoms with Gasteiger partial charge >= 0.3 is 6.18 Å². The average molecular weight is 464 g/mol. The summed E-state index contributed by atoms with van der Waals surface area (Å²) in [6, 6.07) is 9.03. The SMILES string of the molecule is CC(C)(CC(O)(Cc1cc2cc(N3CCCCC3)ncc2[nH]1)C(F)(F)F)c1cccc(F)c1. The van der Waals surface area contributed by atoms with Gasteiger partial charge in [0.15, 0.2) is 5.60 Å². The molecule has 0 spiro atoms. The first kappa shape index (κ1) is 23.5. The molecule has 4 rings (SSSR count). The van der Waals surface area contributed by atoms with E-state index in [9.17, 15) is 22.7 Å². The number of aliphatic hydroxyl groups is 1. The average Bonchev–Trinajstić information content (AvgIpc) is 3.14. The predicted molar refractivity (Wildman–Crippen MR) is 121 cm³/mol. The number of piperidine rings is 1. The first-order valence-electron chi connectivity index (χ1n) is 11.2. The molecule has 1 aromatic carbocycles. The summed E-state index contributed by atoms with van der Waals surface area (Å²) in [6.07, 6.45) is -1.11. The number of fused-ring (bicyclic) bond motifs is 1. The highest BCUT2D eigenvalue weighted by Crippen LogP contribution is 2.43. The van der Waals surface area contributed by atoms with Crippen LogP contribution in [-0.4, -0.2) is 39.9 Å². The predicted octanol–water partition coefficient (Wildman–Crippen LogP) is 5.90. The van der Waals surface area contributed by atoms with Crippen LogP contribution in [0.1, 0.15) is 50.8 Å². The molecule has 33 heavy (non-hydrogen) atoms. The van der Waals surface area contributed by atoms with Crippen molar-refractivity contribution in [2.75, 3.05) is 18.0 Å². The molecule has 0 bridgehead atoms. The van der Waals surface area contributed by atoms with E-state index < -0.39 is 35.9 Å². The van der Waals surface area contributed by atoms with Crippen molar-refractivity contribution in [1.82, 2.24) is 9.97 Å². The molecule has 4 nitrogen and oxygen atoms in total. The minimum atomic E-state index is -4.87. The van der Waals surface area contributed by atoms with Crippen molar-refractivity contribution >= 4 is 16.7 Å². The van der Waals surface area contributed by atoms with Crippen molar-refractivity contribution in [2.24, 2.45) is 0 Å². The van der Waals surface area contributed by atoms with Gasteiger partial charge in [-0.2, -0.15) is 13.2 Å². The third-order valence-corrected chi connectivity index (χ3v) is 6.58. The van der Waals surface area contributed by atoms with E-state index in [0.29, 0.717) is 11.1 Å². The molecule has 0 amide bonds. The number of anilines is 1. The fourth-order valence-corrected chi connectivity index (χ4v) is 4.79. The lowest BCUT2D eigenvalue weighted by Crippen LogP contribution is -2.50. The van der Waals surface area contributed by atoms with Crippen LogP contribution < -0.4 is 4.90 Å². The van der Waals surface area contributed by atoms with E-state index in [0.717, 1.165) is 37.1 Å². The molecule has 8 heteroatoms. The number of aromatic amines is 1. The van der Waals surface area contributed by atoms with E-state index in [2.05, 4.69) is 14.9 Å². The second-order valence-electron chi connectivity index (χ2n) is 9.75. The Bertz CT molecular complexity index is 1120. The molecule has 3 aromatic rings. The van der Waals surface area contributed by atoms with Gasteiger partial charge in [0, 0.05) is 30.6 Å². The molecule has 1 aliphatic rings. The zero-order chi connectivity index (χ0) is 23.9. The lowest BCUT2D eigenvalue weighted by atomic mass is 9.73. The molecule has 3 heterocycles. The Hall–Kier alpha value is -2.61. The van der Waals surface area contributed by atoms with Crippen molar-refractivity contribution in [3.8, 4) is 0 Å². The highest BCUT2D eigenvalue weighted by atomic mass is 19.4. The Kier molecular flexibility index (Phi) is 6.16. The van der Waals surface area contributed by atoms with Crippen molar-refractivity contribution in [3.63, 3.8) is 0 Å². The third-order valence-electron chi connectivity index (χ3n) is 6.58. The van der Waals surface area contributed by atoms with Crippen LogP contribution in [0.15, 0.2) is 42.6 Å². The maximum atomic E-state index is 14.1. The van der Waals surface area contributed by atoms with Crippen LogP contribution in [0.4, 0.5) is 23.4 Å². The minimum Gasteiger partial charge on any atom is -0.380 e. The van der Waals surface area contributed by atoms with Gasteiger partial charge in [0.05, 0.1) is 11.7 Å². The van der Waals surface area contributed by atoms with Gasteiger partial charge in [-0.15, -0.1) is 0 Å². The number of hydrogen-bond acceptors (Lipinski definition) is 3. The third kappa shape index (κ3) is 5.00. The Morgan fingerprint density at radius 1 is 1.06 bits per heavy atom. The molecule has 178 valence electrons. The standard InChI is InChI=1S/C25H29F4N3O/c1-23(2,18-7-6-8-19(26)13-18)16-24(33,25(27,28)29)14-20-11-17-12-22(30-15-21(17)31-20)32-9-4-3-5-10-32/h6-8,11-13,15,31,33H,3-5,9-10,14,16H2,1-2H3. The summed E-state index contributed by atoms with van der Waals surface area (Å²) in [5.41, 5.74) is -2.80. The normalized spacial score (nSPS) is 17.4. The molecule has 1 atom stereocenters. The smallest absolute Gasteiger partial charge is 0.380 e. The molecule has 0 aliphatic carbocycles. The monoisotopic (exact) mass is 463 g/mol. The van der Waals surface area contributed by atoms with E-state index in [1.807, 2.05) is 6.07 Å². The highest BCUT2D eigenvalue weighted by molar-refractivity contribution is 5.82. The minimum absolute atomic E-state index is 0.275. The summed E-state index contributed by atoms with van der Waals surface area (Å²) in [6.45, 7) is 4.99. The summed E-state index contributed by atoms with van der Waals surface area (Å²) in [7, 11) is 0. The summed E-state index contributed by atoms with van der Waals surface area (Å²) >= 11 is 0. The number of alkyl halides is 3. The summed E-state index contributed by atoms with van der Waals surface area (Å²) in [5, 5.41) is 11.6. The van der Waals surface area contributed by atoms with Gasteiger partial charge in [0.25, 0.3) is 0 Å². The second-order valence-corrected chi connectivity index (χ2v) is 9.75. The Morgan fingerprint density at radius 3 is 2.45 bits per heavy atom. The van der Waals surface area contributed by atoms with Gasteiger partial charge in [-0.05, 0) is 60.9 Å². The number of rotatable bonds is 6. The van der Waals surface area contributed by atoms with Crippen LogP contribution in [-0.2, 0) is 11.8 Å². The van der Waals surface area contributed by atoms with Crippen molar-refractivity contribution < 1.29 is 22.7 Å². The summed E-state index contributed by atoms with van der Waals surface area (Å²) in [4.78, 5) is 9.64.